The van der Waals surface area contributed by atoms with Crippen molar-refractivity contribution < 1.29 is 0 Å². The molecule has 0 radical (unpaired) electrons. The summed E-state index contributed by atoms with van der Waals surface area (Å²) in [5.74, 6) is 0.990. The maximum Gasteiger partial charge on any atom is 0.203 e. The molecule has 0 atom stereocenters. The van der Waals surface area contributed by atoms with Crippen LogP contribution in [0.2, 0.25) is 0 Å². The quantitative estimate of drug-likeness (QED) is 0.868. The van der Waals surface area contributed by atoms with Crippen molar-refractivity contribution in [2.45, 2.75) is 13.0 Å². The second-order valence-electron chi connectivity index (χ2n) is 3.93. The van der Waals surface area contributed by atoms with E-state index in [4.69, 9.17) is 0 Å². The van der Waals surface area contributed by atoms with Gasteiger partial charge in [-0.25, -0.2) is 4.98 Å². The summed E-state index contributed by atoms with van der Waals surface area (Å²) in [5, 5.41) is 3.31. The molecule has 0 saturated heterocycles. The number of benzene rings is 1. The summed E-state index contributed by atoms with van der Waals surface area (Å²) in [7, 11) is 0. The third-order valence-electron chi connectivity index (χ3n) is 2.78. The van der Waals surface area contributed by atoms with Crippen molar-refractivity contribution in [3.05, 3.63) is 34.9 Å². The van der Waals surface area contributed by atoms with E-state index in [0.29, 0.717) is 0 Å². The largest absolute Gasteiger partial charge is 0.356 e. The zero-order valence-electron chi connectivity index (χ0n) is 8.78. The van der Waals surface area contributed by atoms with Gasteiger partial charge in [-0.15, -0.1) is 0 Å². The first-order valence-corrected chi connectivity index (χ1v) is 6.19. The van der Waals surface area contributed by atoms with Gasteiger partial charge >= 0.3 is 0 Å². The molecule has 1 N–H and O–H groups in total. The van der Waals surface area contributed by atoms with Crippen LogP contribution in [0.4, 0.5) is 5.95 Å². The molecule has 1 aromatic carbocycles. The fourth-order valence-electron chi connectivity index (χ4n) is 1.94. The molecule has 2 aromatic rings. The number of halogens is 1. The van der Waals surface area contributed by atoms with Gasteiger partial charge in [-0.1, -0.05) is 28.1 Å². The maximum absolute atomic E-state index is 4.59. The average Bonchev–Trinajstić information content (AvgIpc) is 2.73. The molecule has 2 heterocycles. The third kappa shape index (κ3) is 1.73. The van der Waals surface area contributed by atoms with Crippen LogP contribution >= 0.6 is 15.9 Å². The first kappa shape index (κ1) is 9.90. The number of hydrogen-bond acceptors (Lipinski definition) is 2. The summed E-state index contributed by atoms with van der Waals surface area (Å²) in [4.78, 5) is 4.59. The fourth-order valence-corrected chi connectivity index (χ4v) is 2.20. The zero-order valence-corrected chi connectivity index (χ0v) is 10.4. The molecule has 4 heteroatoms. The Bertz CT molecular complexity index is 478. The molecule has 0 spiro atoms. The van der Waals surface area contributed by atoms with Crippen LogP contribution in [0.3, 0.4) is 0 Å². The van der Waals surface area contributed by atoms with Crippen molar-refractivity contribution in [3.63, 3.8) is 0 Å². The third-order valence-corrected chi connectivity index (χ3v) is 3.30. The summed E-state index contributed by atoms with van der Waals surface area (Å²) in [6.45, 7) is 2.09. The minimum atomic E-state index is 0.990. The number of nitrogens with zero attached hydrogens (tertiary/aromatic N) is 2. The van der Waals surface area contributed by atoms with Crippen molar-refractivity contribution in [2.24, 2.45) is 0 Å². The minimum Gasteiger partial charge on any atom is -0.356 e. The van der Waals surface area contributed by atoms with Gasteiger partial charge in [0.15, 0.2) is 0 Å². The van der Waals surface area contributed by atoms with Gasteiger partial charge in [0.25, 0.3) is 0 Å². The van der Waals surface area contributed by atoms with Crippen LogP contribution in [-0.2, 0) is 6.54 Å². The molecule has 1 aromatic heterocycles. The summed E-state index contributed by atoms with van der Waals surface area (Å²) in [6, 6.07) is 8.25. The normalized spacial score (nSPS) is 14.3. The number of imidazole rings is 1. The summed E-state index contributed by atoms with van der Waals surface area (Å²) in [6.07, 6.45) is 3.29. The smallest absolute Gasteiger partial charge is 0.203 e. The van der Waals surface area contributed by atoms with E-state index in [9.17, 15) is 0 Å². The molecule has 0 aliphatic carbocycles. The van der Waals surface area contributed by atoms with E-state index in [-0.39, 0.29) is 0 Å². The monoisotopic (exact) mass is 277 g/mol. The molecular weight excluding hydrogens is 266 g/mol. The molecule has 0 saturated carbocycles. The molecule has 1 aliphatic heterocycles. The van der Waals surface area contributed by atoms with E-state index in [1.807, 2.05) is 12.1 Å². The van der Waals surface area contributed by atoms with Crippen molar-refractivity contribution in [1.82, 2.24) is 9.55 Å². The number of aromatic nitrogens is 2. The van der Waals surface area contributed by atoms with Gasteiger partial charge in [0.2, 0.25) is 5.95 Å². The minimum absolute atomic E-state index is 0.990. The number of aryl methyl sites for hydroxylation is 1. The lowest BCUT2D eigenvalue weighted by Gasteiger charge is -2.14. The van der Waals surface area contributed by atoms with Gasteiger partial charge in [-0.05, 0) is 18.6 Å². The van der Waals surface area contributed by atoms with Crippen molar-refractivity contribution >= 4 is 21.9 Å². The molecular formula is C12H12BrN3. The maximum atomic E-state index is 4.59. The number of nitrogens with one attached hydrogen (secondary N) is 1. The van der Waals surface area contributed by atoms with Crippen molar-refractivity contribution in [1.29, 1.82) is 0 Å². The van der Waals surface area contributed by atoms with Crippen LogP contribution in [0.25, 0.3) is 11.3 Å². The Morgan fingerprint density at radius 1 is 1.25 bits per heavy atom. The Hall–Kier alpha value is -1.29. The highest BCUT2D eigenvalue weighted by atomic mass is 79.9. The Kier molecular flexibility index (Phi) is 2.44. The van der Waals surface area contributed by atoms with Gasteiger partial charge < -0.3 is 9.88 Å². The molecule has 0 fully saturated rings. The topological polar surface area (TPSA) is 29.9 Å². The van der Waals surface area contributed by atoms with Crippen LogP contribution in [-0.4, -0.2) is 16.1 Å². The second kappa shape index (κ2) is 3.94. The lowest BCUT2D eigenvalue weighted by Crippen LogP contribution is -2.16. The second-order valence-corrected chi connectivity index (χ2v) is 4.85. The highest BCUT2D eigenvalue weighted by Crippen LogP contribution is 2.24. The first-order chi connectivity index (χ1) is 7.83. The molecule has 3 nitrogen and oxygen atoms in total. The Morgan fingerprint density at radius 3 is 2.81 bits per heavy atom. The van der Waals surface area contributed by atoms with Gasteiger partial charge in [0.05, 0.1) is 5.69 Å². The zero-order chi connectivity index (χ0) is 11.0. The van der Waals surface area contributed by atoms with Crippen LogP contribution in [0.15, 0.2) is 34.9 Å². The molecule has 82 valence electrons. The van der Waals surface area contributed by atoms with Crippen molar-refractivity contribution in [3.8, 4) is 11.3 Å². The SMILES string of the molecule is Brc1ccc(-c2cn3c(n2)NCCC3)cc1. The average molecular weight is 278 g/mol. The number of rotatable bonds is 1. The van der Waals surface area contributed by atoms with E-state index in [1.54, 1.807) is 0 Å². The molecule has 16 heavy (non-hydrogen) atoms. The Balaban J connectivity index is 2.00. The Labute approximate surface area is 103 Å². The number of hydrogen-bond donors (Lipinski definition) is 1. The highest BCUT2D eigenvalue weighted by Gasteiger charge is 2.12. The van der Waals surface area contributed by atoms with E-state index < -0.39 is 0 Å². The summed E-state index contributed by atoms with van der Waals surface area (Å²) >= 11 is 3.44. The van der Waals surface area contributed by atoms with E-state index in [0.717, 1.165) is 34.8 Å². The molecule has 0 bridgehead atoms. The van der Waals surface area contributed by atoms with Gasteiger partial charge in [0, 0.05) is 29.3 Å². The van der Waals surface area contributed by atoms with E-state index >= 15 is 0 Å². The predicted octanol–water partition coefficient (Wildman–Crippen LogP) is 3.13. The summed E-state index contributed by atoms with van der Waals surface area (Å²) < 4.78 is 3.28. The van der Waals surface area contributed by atoms with Gasteiger partial charge in [-0.2, -0.15) is 0 Å². The number of fused-ring (bicyclic) bond motifs is 1. The molecule has 0 amide bonds. The molecule has 0 unspecified atom stereocenters. The van der Waals surface area contributed by atoms with Gasteiger partial charge in [-0.3, -0.25) is 0 Å². The predicted molar refractivity (Wildman–Crippen MR) is 68.5 cm³/mol. The lowest BCUT2D eigenvalue weighted by molar-refractivity contribution is 0.627. The van der Waals surface area contributed by atoms with E-state index in [2.05, 4.69) is 49.1 Å². The van der Waals surface area contributed by atoms with Crippen LogP contribution in [0, 0.1) is 0 Å². The standard InChI is InChI=1S/C12H12BrN3/c13-10-4-2-9(3-5-10)11-8-16-7-1-6-14-12(16)15-11/h2-5,8H,1,6-7H2,(H,14,15). The fraction of sp³-hybridized carbons (Fsp3) is 0.250. The molecule has 3 rings (SSSR count). The van der Waals surface area contributed by atoms with Crippen molar-refractivity contribution in [2.75, 3.05) is 11.9 Å². The van der Waals surface area contributed by atoms with Gasteiger partial charge in [0.1, 0.15) is 0 Å². The summed E-state index contributed by atoms with van der Waals surface area (Å²) in [5.41, 5.74) is 2.20. The lowest BCUT2D eigenvalue weighted by atomic mass is 10.2. The van der Waals surface area contributed by atoms with Crippen LogP contribution in [0.5, 0.6) is 0 Å². The first-order valence-electron chi connectivity index (χ1n) is 5.40. The molecule has 1 aliphatic rings. The van der Waals surface area contributed by atoms with E-state index in [1.165, 1.54) is 6.42 Å². The Morgan fingerprint density at radius 2 is 2.06 bits per heavy atom. The van der Waals surface area contributed by atoms with Crippen LogP contribution in [0.1, 0.15) is 6.42 Å². The highest BCUT2D eigenvalue weighted by molar-refractivity contribution is 9.10. The number of anilines is 1. The van der Waals surface area contributed by atoms with Crippen LogP contribution < -0.4 is 5.32 Å².